The molecule has 0 aliphatic rings. The Hall–Kier alpha value is -0.790. The molecule has 0 heterocycles. The summed E-state index contributed by atoms with van der Waals surface area (Å²) in [6, 6.07) is 0. The van der Waals surface area contributed by atoms with Crippen LogP contribution in [-0.4, -0.2) is 11.4 Å². The highest BCUT2D eigenvalue weighted by atomic mass is 16.4. The van der Waals surface area contributed by atoms with E-state index >= 15 is 0 Å². The van der Waals surface area contributed by atoms with E-state index in [1.54, 1.807) is 0 Å². The van der Waals surface area contributed by atoms with E-state index in [1.165, 1.54) is 6.21 Å². The van der Waals surface area contributed by atoms with Crippen molar-refractivity contribution in [2.45, 2.75) is 26.7 Å². The molecule has 1 atom stereocenters. The van der Waals surface area contributed by atoms with Crippen molar-refractivity contribution in [1.82, 2.24) is 0 Å². The van der Waals surface area contributed by atoms with Crippen molar-refractivity contribution in [2.24, 2.45) is 11.1 Å². The summed E-state index contributed by atoms with van der Waals surface area (Å²) in [6.07, 6.45) is 3.45. The van der Waals surface area contributed by atoms with Crippen LogP contribution in [0.15, 0.2) is 17.3 Å². The molecule has 0 saturated carbocycles. The summed E-state index contributed by atoms with van der Waals surface area (Å²) in [5, 5.41) is 11.0. The Kier molecular flexibility index (Phi) is 4.63. The van der Waals surface area contributed by atoms with Gasteiger partial charge in [-0.3, -0.25) is 0 Å². The van der Waals surface area contributed by atoms with E-state index in [0.717, 1.165) is 18.4 Å². The molecule has 0 saturated heterocycles. The highest BCUT2D eigenvalue weighted by Crippen LogP contribution is 2.10. The van der Waals surface area contributed by atoms with Crippen LogP contribution in [0.2, 0.25) is 0 Å². The minimum Gasteiger partial charge on any atom is -0.411 e. The van der Waals surface area contributed by atoms with E-state index in [-0.39, 0.29) is 0 Å². The molecule has 0 fully saturated rings. The maximum Gasteiger partial charge on any atom is 0.0687 e. The van der Waals surface area contributed by atoms with Crippen LogP contribution in [0.3, 0.4) is 0 Å². The van der Waals surface area contributed by atoms with Crippen LogP contribution in [0.25, 0.3) is 0 Å². The lowest BCUT2D eigenvalue weighted by molar-refractivity contribution is 0.321. The summed E-state index contributed by atoms with van der Waals surface area (Å²) in [4.78, 5) is 0. The lowest BCUT2D eigenvalue weighted by Gasteiger charge is -2.05. The molecular formula is C8H15NO. The average molecular weight is 141 g/mol. The molecular weight excluding hydrogens is 126 g/mol. The van der Waals surface area contributed by atoms with Crippen molar-refractivity contribution in [3.05, 3.63) is 12.2 Å². The molecule has 0 rings (SSSR count). The second-order valence-electron chi connectivity index (χ2n) is 2.62. The fourth-order valence-corrected chi connectivity index (χ4v) is 0.726. The summed E-state index contributed by atoms with van der Waals surface area (Å²) in [5.74, 6) is 0.630. The van der Waals surface area contributed by atoms with Crippen molar-refractivity contribution in [2.75, 3.05) is 0 Å². The summed E-state index contributed by atoms with van der Waals surface area (Å²) in [7, 11) is 0. The Balaban J connectivity index is 3.57. The Labute approximate surface area is 62.2 Å². The third-order valence-corrected chi connectivity index (χ3v) is 1.55. The van der Waals surface area contributed by atoms with Crippen molar-refractivity contribution in [1.29, 1.82) is 0 Å². The standard InChI is InChI=1S/C8H15NO/c1-4-7(2)5-8(3)6-9-10/h6-7,10H,3-5H2,1-2H3/b9-6+/t7-/m1/s1. The van der Waals surface area contributed by atoms with Gasteiger partial charge in [-0.05, 0) is 17.9 Å². The molecule has 0 aliphatic carbocycles. The van der Waals surface area contributed by atoms with Crippen molar-refractivity contribution < 1.29 is 5.21 Å². The second kappa shape index (κ2) is 5.03. The van der Waals surface area contributed by atoms with Gasteiger partial charge in [-0.2, -0.15) is 0 Å². The average Bonchev–Trinajstić information content (AvgIpc) is 1.88. The van der Waals surface area contributed by atoms with Gasteiger partial charge >= 0.3 is 0 Å². The molecule has 2 heteroatoms. The summed E-state index contributed by atoms with van der Waals surface area (Å²) in [6.45, 7) is 8.01. The molecule has 0 radical (unpaired) electrons. The first-order valence-electron chi connectivity index (χ1n) is 3.55. The van der Waals surface area contributed by atoms with Crippen LogP contribution >= 0.6 is 0 Å². The van der Waals surface area contributed by atoms with Gasteiger partial charge in [0.25, 0.3) is 0 Å². The largest absolute Gasteiger partial charge is 0.411 e. The Morgan fingerprint density at radius 3 is 2.80 bits per heavy atom. The molecule has 0 aliphatic heterocycles. The highest BCUT2D eigenvalue weighted by molar-refractivity contribution is 5.76. The van der Waals surface area contributed by atoms with Crippen LogP contribution in [0.5, 0.6) is 0 Å². The van der Waals surface area contributed by atoms with Crippen LogP contribution in [0.1, 0.15) is 26.7 Å². The minimum absolute atomic E-state index is 0.630. The SMILES string of the molecule is C=C(/C=N/O)C[C@H](C)CC. The lowest BCUT2D eigenvalue weighted by atomic mass is 10.0. The number of allylic oxidation sites excluding steroid dienone is 1. The Morgan fingerprint density at radius 2 is 2.40 bits per heavy atom. The topological polar surface area (TPSA) is 32.6 Å². The van der Waals surface area contributed by atoms with Gasteiger partial charge in [0.2, 0.25) is 0 Å². The molecule has 0 amide bonds. The fraction of sp³-hybridized carbons (Fsp3) is 0.625. The molecule has 0 unspecified atom stereocenters. The normalized spacial score (nSPS) is 13.8. The predicted molar refractivity (Wildman–Crippen MR) is 43.5 cm³/mol. The Bertz CT molecular complexity index is 129. The van der Waals surface area contributed by atoms with Gasteiger partial charge in [0.05, 0.1) is 6.21 Å². The second-order valence-corrected chi connectivity index (χ2v) is 2.62. The summed E-state index contributed by atoms with van der Waals surface area (Å²) < 4.78 is 0. The van der Waals surface area contributed by atoms with Gasteiger partial charge in [-0.15, -0.1) is 0 Å². The van der Waals surface area contributed by atoms with E-state index in [2.05, 4.69) is 25.6 Å². The third-order valence-electron chi connectivity index (χ3n) is 1.55. The van der Waals surface area contributed by atoms with Gasteiger partial charge in [0.1, 0.15) is 0 Å². The molecule has 0 aromatic carbocycles. The monoisotopic (exact) mass is 141 g/mol. The number of hydrogen-bond donors (Lipinski definition) is 1. The number of nitrogens with zero attached hydrogens (tertiary/aromatic N) is 1. The molecule has 1 N–H and O–H groups in total. The van der Waals surface area contributed by atoms with Crippen LogP contribution in [-0.2, 0) is 0 Å². The molecule has 0 aromatic rings. The third kappa shape index (κ3) is 4.13. The smallest absolute Gasteiger partial charge is 0.0687 e. The van der Waals surface area contributed by atoms with Crippen LogP contribution in [0.4, 0.5) is 0 Å². The first kappa shape index (κ1) is 9.21. The molecule has 10 heavy (non-hydrogen) atoms. The first-order valence-corrected chi connectivity index (χ1v) is 3.55. The first-order chi connectivity index (χ1) is 4.70. The van der Waals surface area contributed by atoms with E-state index in [9.17, 15) is 0 Å². The van der Waals surface area contributed by atoms with Gasteiger partial charge in [0, 0.05) is 0 Å². The van der Waals surface area contributed by atoms with Crippen molar-refractivity contribution in [3.8, 4) is 0 Å². The Morgan fingerprint density at radius 1 is 1.80 bits per heavy atom. The van der Waals surface area contributed by atoms with E-state index in [4.69, 9.17) is 5.21 Å². The zero-order chi connectivity index (χ0) is 7.98. The van der Waals surface area contributed by atoms with Gasteiger partial charge in [-0.1, -0.05) is 32.0 Å². The summed E-state index contributed by atoms with van der Waals surface area (Å²) in [5.41, 5.74) is 0.886. The molecule has 0 bridgehead atoms. The zero-order valence-electron chi connectivity index (χ0n) is 6.67. The molecule has 2 nitrogen and oxygen atoms in total. The van der Waals surface area contributed by atoms with Gasteiger partial charge in [-0.25, -0.2) is 0 Å². The van der Waals surface area contributed by atoms with Gasteiger partial charge in [0.15, 0.2) is 0 Å². The molecule has 0 spiro atoms. The molecule has 0 aromatic heterocycles. The minimum atomic E-state index is 0.630. The number of rotatable bonds is 4. The maximum atomic E-state index is 8.13. The van der Waals surface area contributed by atoms with Crippen LogP contribution in [0, 0.1) is 5.92 Å². The maximum absolute atomic E-state index is 8.13. The van der Waals surface area contributed by atoms with Gasteiger partial charge < -0.3 is 5.21 Å². The van der Waals surface area contributed by atoms with E-state index in [0.29, 0.717) is 5.92 Å². The van der Waals surface area contributed by atoms with Crippen molar-refractivity contribution in [3.63, 3.8) is 0 Å². The van der Waals surface area contributed by atoms with E-state index < -0.39 is 0 Å². The lowest BCUT2D eigenvalue weighted by Crippen LogP contribution is -1.94. The number of hydrogen-bond acceptors (Lipinski definition) is 2. The number of oxime groups is 1. The molecule has 58 valence electrons. The van der Waals surface area contributed by atoms with Crippen molar-refractivity contribution >= 4 is 6.21 Å². The zero-order valence-corrected chi connectivity index (χ0v) is 6.67. The van der Waals surface area contributed by atoms with Crippen LogP contribution < -0.4 is 0 Å². The summed E-state index contributed by atoms with van der Waals surface area (Å²) >= 11 is 0. The highest BCUT2D eigenvalue weighted by Gasteiger charge is 1.98. The predicted octanol–water partition coefficient (Wildman–Crippen LogP) is 2.44. The fourth-order valence-electron chi connectivity index (χ4n) is 0.726. The quantitative estimate of drug-likeness (QED) is 0.364. The van der Waals surface area contributed by atoms with E-state index in [1.807, 2.05) is 0 Å².